The summed E-state index contributed by atoms with van der Waals surface area (Å²) in [6.45, 7) is 2.54. The minimum atomic E-state index is -1.28. The van der Waals surface area contributed by atoms with Gasteiger partial charge in [0.15, 0.2) is 0 Å². The molecule has 0 aromatic heterocycles. The van der Waals surface area contributed by atoms with Crippen molar-refractivity contribution in [3.05, 3.63) is 34.9 Å². The Kier molecular flexibility index (Phi) is 28.1. The molecule has 0 atom stereocenters. The highest BCUT2D eigenvalue weighted by molar-refractivity contribution is 5.99. The number of carbonyl (C=O) groups excluding carboxylic acids is 1. The van der Waals surface area contributed by atoms with Crippen LogP contribution in [0.3, 0.4) is 0 Å². The molecule has 0 heterocycles. The highest BCUT2D eigenvalue weighted by Crippen LogP contribution is 2.17. The lowest BCUT2D eigenvalue weighted by Crippen LogP contribution is -2.11. The summed E-state index contributed by atoms with van der Waals surface area (Å²) in [4.78, 5) is 34.7. The molecule has 0 aliphatic heterocycles. The number of carboxylic acids is 2. The van der Waals surface area contributed by atoms with Gasteiger partial charge in [0.25, 0.3) is 0 Å². The molecule has 1 aromatic rings. The first kappa shape index (κ1) is 42.7. The van der Waals surface area contributed by atoms with E-state index in [9.17, 15) is 14.4 Å². The summed E-state index contributed by atoms with van der Waals surface area (Å²) in [5.74, 6) is -3.26. The third kappa shape index (κ3) is 25.3. The summed E-state index contributed by atoms with van der Waals surface area (Å²) in [6, 6.07) is 3.34. The molecule has 0 saturated carbocycles. The first-order valence-corrected chi connectivity index (χ1v) is 19.7. The summed E-state index contributed by atoms with van der Waals surface area (Å²) < 4.78 is 5.24. The fourth-order valence-corrected chi connectivity index (χ4v) is 6.37. The van der Waals surface area contributed by atoms with Crippen LogP contribution in [-0.2, 0) is 4.74 Å². The Morgan fingerprint density at radius 1 is 0.404 bits per heavy atom. The van der Waals surface area contributed by atoms with Crippen molar-refractivity contribution in [3.8, 4) is 0 Å². The molecule has 0 saturated heterocycles. The van der Waals surface area contributed by atoms with E-state index >= 15 is 0 Å². The molecule has 0 unspecified atom stereocenters. The lowest BCUT2D eigenvalue weighted by Gasteiger charge is -2.07. The maximum atomic E-state index is 12.2. The summed E-state index contributed by atoms with van der Waals surface area (Å²) >= 11 is 0. The van der Waals surface area contributed by atoms with Crippen LogP contribution in [-0.4, -0.2) is 34.7 Å². The van der Waals surface area contributed by atoms with Crippen molar-refractivity contribution >= 4 is 17.9 Å². The van der Waals surface area contributed by atoms with Gasteiger partial charge < -0.3 is 14.9 Å². The van der Waals surface area contributed by atoms with E-state index in [4.69, 9.17) is 14.9 Å². The molecule has 6 nitrogen and oxygen atoms in total. The van der Waals surface area contributed by atoms with Gasteiger partial charge in [-0.15, -0.1) is 0 Å². The molecule has 270 valence electrons. The van der Waals surface area contributed by atoms with Gasteiger partial charge in [0.2, 0.25) is 0 Å². The molecule has 0 aliphatic rings. The molecule has 0 aliphatic carbocycles. The number of ether oxygens (including phenoxy) is 1. The quantitative estimate of drug-likeness (QED) is 0.0564. The fourth-order valence-electron chi connectivity index (χ4n) is 6.37. The largest absolute Gasteiger partial charge is 0.478 e. The maximum Gasteiger partial charge on any atom is 0.338 e. The van der Waals surface area contributed by atoms with E-state index in [0.29, 0.717) is 0 Å². The minimum Gasteiger partial charge on any atom is -0.478 e. The molecular formula is C41H70O6. The number of benzene rings is 1. The monoisotopic (exact) mass is 659 g/mol. The predicted molar refractivity (Wildman–Crippen MR) is 195 cm³/mol. The third-order valence-corrected chi connectivity index (χ3v) is 9.39. The Morgan fingerprint density at radius 3 is 0.894 bits per heavy atom. The van der Waals surface area contributed by atoms with Crippen molar-refractivity contribution in [2.24, 2.45) is 0 Å². The summed E-state index contributed by atoms with van der Waals surface area (Å²) in [6.07, 6.45) is 40.7. The van der Waals surface area contributed by atoms with Crippen molar-refractivity contribution in [1.29, 1.82) is 0 Å². The molecule has 1 aromatic carbocycles. The van der Waals surface area contributed by atoms with Crippen LogP contribution in [0.2, 0.25) is 0 Å². The Hall–Kier alpha value is -2.37. The van der Waals surface area contributed by atoms with Gasteiger partial charge in [0, 0.05) is 0 Å². The second kappa shape index (κ2) is 30.9. The van der Waals surface area contributed by atoms with E-state index in [2.05, 4.69) is 6.92 Å². The van der Waals surface area contributed by atoms with Crippen LogP contribution in [0.4, 0.5) is 0 Å². The van der Waals surface area contributed by atoms with E-state index in [1.807, 2.05) is 0 Å². The van der Waals surface area contributed by atoms with E-state index in [1.165, 1.54) is 173 Å². The zero-order valence-corrected chi connectivity index (χ0v) is 30.2. The second-order valence-corrected chi connectivity index (χ2v) is 13.8. The van der Waals surface area contributed by atoms with Gasteiger partial charge >= 0.3 is 17.9 Å². The molecule has 1 rings (SSSR count). The van der Waals surface area contributed by atoms with Crippen LogP contribution in [0, 0.1) is 0 Å². The van der Waals surface area contributed by atoms with Gasteiger partial charge in [-0.1, -0.05) is 193 Å². The molecule has 0 spiro atoms. The van der Waals surface area contributed by atoms with Crippen molar-refractivity contribution < 1.29 is 29.3 Å². The van der Waals surface area contributed by atoms with E-state index in [0.717, 1.165) is 37.5 Å². The van der Waals surface area contributed by atoms with Gasteiger partial charge in [-0.05, 0) is 24.6 Å². The molecular weight excluding hydrogens is 588 g/mol. The van der Waals surface area contributed by atoms with Crippen LogP contribution < -0.4 is 0 Å². The predicted octanol–water partition coefficient (Wildman–Crippen LogP) is 13.0. The third-order valence-electron chi connectivity index (χ3n) is 9.39. The van der Waals surface area contributed by atoms with Gasteiger partial charge in [0.1, 0.15) is 0 Å². The summed E-state index contributed by atoms with van der Waals surface area (Å²) in [5, 5.41) is 18.3. The molecule has 2 N–H and O–H groups in total. The second-order valence-electron chi connectivity index (χ2n) is 13.8. The smallest absolute Gasteiger partial charge is 0.338 e. The van der Waals surface area contributed by atoms with Crippen LogP contribution in [0.1, 0.15) is 231 Å². The van der Waals surface area contributed by atoms with Crippen molar-refractivity contribution in [2.45, 2.75) is 200 Å². The number of hydrogen-bond donors (Lipinski definition) is 2. The van der Waals surface area contributed by atoms with E-state index in [1.54, 1.807) is 0 Å². The fraction of sp³-hybridized carbons (Fsp3) is 0.780. The number of aromatic carboxylic acids is 2. The number of unbranched alkanes of at least 4 members (excludes halogenated alkanes) is 29. The molecule has 0 fully saturated rings. The van der Waals surface area contributed by atoms with Crippen LogP contribution in [0.25, 0.3) is 0 Å². The normalized spacial score (nSPS) is 11.2. The first-order chi connectivity index (χ1) is 23.0. The van der Waals surface area contributed by atoms with Crippen LogP contribution in [0.5, 0.6) is 0 Å². The Labute approximate surface area is 287 Å². The van der Waals surface area contributed by atoms with Crippen molar-refractivity contribution in [2.75, 3.05) is 6.61 Å². The number of rotatable bonds is 34. The lowest BCUT2D eigenvalue weighted by atomic mass is 10.0. The highest BCUT2D eigenvalue weighted by Gasteiger charge is 2.16. The molecule has 0 radical (unpaired) electrons. The van der Waals surface area contributed by atoms with Crippen molar-refractivity contribution in [3.63, 3.8) is 0 Å². The standard InChI is InChI=1S/C41H70O6/c1-2-3-4-5-6-7-8-9-10-11-12-13-14-15-16-17-18-19-20-21-22-23-24-25-26-27-28-29-30-31-32-47-41(46)38-34-36(39(42)43)33-37(35-38)40(44)45/h33-35H,2-32H2,1H3,(H,42,43)(H,44,45). The molecule has 47 heavy (non-hydrogen) atoms. The average molecular weight is 659 g/mol. The van der Waals surface area contributed by atoms with Gasteiger partial charge in [-0.3, -0.25) is 0 Å². The van der Waals surface area contributed by atoms with Gasteiger partial charge in [-0.2, -0.15) is 0 Å². The van der Waals surface area contributed by atoms with Gasteiger partial charge in [0.05, 0.1) is 23.3 Å². The number of carboxylic acid groups (broad SMARTS) is 2. The Bertz CT molecular complexity index is 894. The molecule has 6 heteroatoms. The van der Waals surface area contributed by atoms with Crippen molar-refractivity contribution in [1.82, 2.24) is 0 Å². The highest BCUT2D eigenvalue weighted by atomic mass is 16.5. The van der Waals surface area contributed by atoms with Gasteiger partial charge in [-0.25, -0.2) is 14.4 Å². The summed E-state index contributed by atoms with van der Waals surface area (Å²) in [5.41, 5.74) is -0.534. The van der Waals surface area contributed by atoms with Crippen LogP contribution in [0.15, 0.2) is 18.2 Å². The molecule has 0 bridgehead atoms. The topological polar surface area (TPSA) is 101 Å². The lowest BCUT2D eigenvalue weighted by molar-refractivity contribution is 0.0497. The average Bonchev–Trinajstić information content (AvgIpc) is 3.06. The number of carbonyl (C=O) groups is 3. The number of esters is 1. The zero-order valence-electron chi connectivity index (χ0n) is 30.2. The number of hydrogen-bond acceptors (Lipinski definition) is 4. The summed E-state index contributed by atoms with van der Waals surface area (Å²) in [7, 11) is 0. The van der Waals surface area contributed by atoms with Crippen LogP contribution >= 0.6 is 0 Å². The minimum absolute atomic E-state index is 0.0483. The first-order valence-electron chi connectivity index (χ1n) is 19.7. The Morgan fingerprint density at radius 2 is 0.638 bits per heavy atom. The van der Waals surface area contributed by atoms with E-state index < -0.39 is 17.9 Å². The molecule has 0 amide bonds. The van der Waals surface area contributed by atoms with E-state index in [-0.39, 0.29) is 23.3 Å². The SMILES string of the molecule is CCCCCCCCCCCCCCCCCCCCCCCCCCCCCCCCOC(=O)c1cc(C(=O)O)cc(C(=O)O)c1. The maximum absolute atomic E-state index is 12.2. The Balaban J connectivity index is 1.78. The zero-order chi connectivity index (χ0) is 34.2.